The van der Waals surface area contributed by atoms with Crippen LogP contribution in [-0.2, 0) is 79.9 Å². The monoisotopic (exact) mass is 1230 g/mol. The Balaban J connectivity index is 1.29. The van der Waals surface area contributed by atoms with E-state index in [-0.39, 0.29) is 82.0 Å². The molecule has 3 unspecified atom stereocenters. The minimum absolute atomic E-state index is 0.0551. The Labute approximate surface area is 498 Å². The summed E-state index contributed by atoms with van der Waals surface area (Å²) in [6.45, 7) is 5.60. The number of fused-ring (bicyclic) bond motifs is 5. The number of carbonyl (C=O) groups is 13. The van der Waals surface area contributed by atoms with E-state index in [1.807, 2.05) is 0 Å². The van der Waals surface area contributed by atoms with Gasteiger partial charge >= 0.3 is 11.9 Å². The van der Waals surface area contributed by atoms with Crippen molar-refractivity contribution in [3.05, 3.63) is 29.3 Å². The number of ether oxygens (including phenoxy) is 1. The molecule has 10 N–H and O–H groups in total. The quantitative estimate of drug-likeness (QED) is 0.0821. The van der Waals surface area contributed by atoms with Crippen molar-refractivity contribution in [1.82, 2.24) is 41.8 Å². The summed E-state index contributed by atoms with van der Waals surface area (Å²) in [5, 5.41) is 45.9. The molecule has 84 heavy (non-hydrogen) atoms. The molecule has 4 aliphatic rings. The van der Waals surface area contributed by atoms with Gasteiger partial charge in [0.05, 0.1) is 61.9 Å². The molecule has 0 aliphatic carbocycles. The van der Waals surface area contributed by atoms with Crippen molar-refractivity contribution >= 4 is 123 Å². The summed E-state index contributed by atoms with van der Waals surface area (Å²) in [5.74, 6) is -13.6. The number of carbonyl (C=O) groups excluding carboxylic acids is 11. The number of aliphatic hydroxyl groups is 1. The number of amides is 7. The molecule has 2 aromatic rings. The molecule has 2 saturated heterocycles. The van der Waals surface area contributed by atoms with Crippen LogP contribution in [-0.4, -0.2) is 193 Å². The molecule has 1 aromatic carbocycles. The van der Waals surface area contributed by atoms with E-state index in [0.717, 1.165) is 16.7 Å². The number of aliphatic carboxylic acids is 2. The maximum absolute atomic E-state index is 14.8. The lowest BCUT2D eigenvalue weighted by Crippen LogP contribution is -2.55. The maximum atomic E-state index is 14.8. The van der Waals surface area contributed by atoms with E-state index in [1.165, 1.54) is 23.5 Å². The number of aromatic nitrogens is 1. The van der Waals surface area contributed by atoms with Crippen LogP contribution in [0, 0.1) is 23.7 Å². The first kappa shape index (κ1) is 66.8. The number of benzene rings is 1. The van der Waals surface area contributed by atoms with Crippen molar-refractivity contribution < 1.29 is 82.4 Å². The summed E-state index contributed by atoms with van der Waals surface area (Å²) in [6, 6.07) is -0.138. The van der Waals surface area contributed by atoms with E-state index in [1.54, 1.807) is 45.9 Å². The van der Waals surface area contributed by atoms with E-state index in [2.05, 4.69) is 36.9 Å². The van der Waals surface area contributed by atoms with Crippen molar-refractivity contribution in [2.75, 3.05) is 50.2 Å². The van der Waals surface area contributed by atoms with E-state index in [9.17, 15) is 77.6 Å². The van der Waals surface area contributed by atoms with Crippen molar-refractivity contribution in [3.8, 4) is 0 Å². The zero-order chi connectivity index (χ0) is 61.4. The summed E-state index contributed by atoms with van der Waals surface area (Å²) >= 11 is 3.49. The summed E-state index contributed by atoms with van der Waals surface area (Å²) < 4.78 is 5.51. The van der Waals surface area contributed by atoms with E-state index < -0.39 is 168 Å². The second-order valence-electron chi connectivity index (χ2n) is 21.8. The number of carboxylic acids is 2. The molecule has 28 heteroatoms. The summed E-state index contributed by atoms with van der Waals surface area (Å²) in [4.78, 5) is 181. The van der Waals surface area contributed by atoms with Gasteiger partial charge in [-0.05, 0) is 47.9 Å². The minimum Gasteiger partial charge on any atom is -0.481 e. The van der Waals surface area contributed by atoms with Gasteiger partial charge in [0.15, 0.2) is 11.6 Å². The molecule has 2 bridgehead atoms. The van der Waals surface area contributed by atoms with Crippen LogP contribution < -0.4 is 31.9 Å². The summed E-state index contributed by atoms with van der Waals surface area (Å²) in [5.41, 5.74) is 1.50. The molecule has 25 nitrogen and oxygen atoms in total. The highest BCUT2D eigenvalue weighted by Crippen LogP contribution is 2.38. The molecule has 4 aliphatic heterocycles. The number of rotatable bonds is 20. The topological polar surface area (TPSA) is 383 Å². The number of carboxylic acid groups (broad SMARTS) is 2. The summed E-state index contributed by atoms with van der Waals surface area (Å²) in [6.07, 6.45) is -2.66. The Hall–Kier alpha value is -6.36. The molecule has 7 amide bonds. The van der Waals surface area contributed by atoms with Crippen LogP contribution in [0.1, 0.15) is 103 Å². The standard InChI is InChI=1S/C56H76N8O17S3/c1-5-28(3)46-42(69)19-31-18-37-36-17-30(16-34(66)9-7-8-33(65)12-14-81-15-13-57-53(77)48-49(56(79)80)84-27-83-48)10-11-38(36)61-54(37)82-26-39(60-43(70)23-59-52(76)47(29(4)6-2)62-44(71)24-58-50(31)74)41(68)20-32(21-45(72)73)55(78)64-25-35(67)22-40(64)51(75)63-46/h10-11,17,28-29,31-32,35,39-40,46-49,61,67H,5-9,12-16,18-27H2,1-4H3,(H,57,77)(H,58,74)(H,59,76)(H,60,70)(H,62,71)(H,63,75)(H,72,73)(H,79,80)/t28?,29-,31+,32-,35+,39-,40-,46-,47-,48?,49?/m0/s1. The van der Waals surface area contributed by atoms with Gasteiger partial charge < -0.3 is 61.8 Å². The van der Waals surface area contributed by atoms with Gasteiger partial charge in [0.25, 0.3) is 0 Å². The fourth-order valence-electron chi connectivity index (χ4n) is 10.5. The zero-order valence-corrected chi connectivity index (χ0v) is 49.9. The Bertz CT molecular complexity index is 2830. The number of aliphatic hydroxyl groups excluding tert-OH is 1. The predicted molar refractivity (Wildman–Crippen MR) is 309 cm³/mol. The highest BCUT2D eigenvalue weighted by atomic mass is 32.2. The number of Topliss-reactive ketones (excluding diaryl/α,β-unsaturated/α-hetero) is 4. The van der Waals surface area contributed by atoms with Gasteiger partial charge in [0, 0.05) is 85.7 Å². The smallest absolute Gasteiger partial charge is 0.318 e. The highest BCUT2D eigenvalue weighted by molar-refractivity contribution is 8.20. The Morgan fingerprint density at radius 3 is 2.15 bits per heavy atom. The largest absolute Gasteiger partial charge is 0.481 e. The number of nitrogens with one attached hydrogen (secondary N) is 7. The second-order valence-corrected chi connectivity index (χ2v) is 25.5. The molecule has 460 valence electrons. The first-order valence-electron chi connectivity index (χ1n) is 28.3. The predicted octanol–water partition coefficient (Wildman–Crippen LogP) is 0.829. The van der Waals surface area contributed by atoms with Crippen LogP contribution in [0.2, 0.25) is 0 Å². The van der Waals surface area contributed by atoms with E-state index >= 15 is 0 Å². The van der Waals surface area contributed by atoms with Crippen LogP contribution in [0.15, 0.2) is 23.2 Å². The third-order valence-corrected chi connectivity index (χ3v) is 19.6. The fraction of sp³-hybridized carbons (Fsp3) is 0.625. The van der Waals surface area contributed by atoms with Gasteiger partial charge in [-0.15, -0.1) is 35.3 Å². The van der Waals surface area contributed by atoms with Crippen molar-refractivity contribution in [2.24, 2.45) is 23.7 Å². The molecule has 1 aromatic heterocycles. The lowest BCUT2D eigenvalue weighted by atomic mass is 9.86. The number of H-pyrrole nitrogens is 1. The minimum atomic E-state index is -1.59. The third kappa shape index (κ3) is 18.6. The number of thioether (sulfide) groups is 3. The van der Waals surface area contributed by atoms with E-state index in [0.29, 0.717) is 45.0 Å². The number of aromatic amines is 1. The molecule has 5 heterocycles. The molecular formula is C56H76N8O17S3. The molecule has 0 saturated carbocycles. The zero-order valence-electron chi connectivity index (χ0n) is 47.5. The number of ketones is 4. The SMILES string of the molecule is CCC(C)[C@@H]1NC(=O)[C@@H]2C[C@@H](O)CN2C(=O)[C@H](CC(=O)O)CC(=O)[C@@H]2CSc3[nH]c4ccc(CC(=O)CCCC(=O)CCOCCNC(=O)C5SCSC5C(=O)O)cc4c3C[C@H](CC1=O)C(=O)NCC(=O)N[C@@H]([C@@H](C)CC)C(=O)NCC(=O)N2. The van der Waals surface area contributed by atoms with Gasteiger partial charge in [-0.2, -0.15) is 0 Å². The second kappa shape index (κ2) is 31.7. The lowest BCUT2D eigenvalue weighted by Gasteiger charge is -2.31. The molecule has 2 fully saturated rings. The first-order valence-corrected chi connectivity index (χ1v) is 31.4. The van der Waals surface area contributed by atoms with Crippen LogP contribution >= 0.6 is 35.3 Å². The molecule has 0 radical (unpaired) electrons. The van der Waals surface area contributed by atoms with Crippen LogP contribution in [0.25, 0.3) is 10.9 Å². The number of hydrogen-bond acceptors (Lipinski definition) is 18. The summed E-state index contributed by atoms with van der Waals surface area (Å²) in [7, 11) is 0. The average Bonchev–Trinajstić information content (AvgIpc) is 3.09. The van der Waals surface area contributed by atoms with Crippen molar-refractivity contribution in [2.45, 2.75) is 151 Å². The number of hydrogen-bond donors (Lipinski definition) is 10. The van der Waals surface area contributed by atoms with Crippen molar-refractivity contribution in [1.29, 1.82) is 0 Å². The first-order chi connectivity index (χ1) is 40.0. The molecule has 0 spiro atoms. The van der Waals surface area contributed by atoms with Gasteiger partial charge in [0.2, 0.25) is 41.4 Å². The van der Waals surface area contributed by atoms with Gasteiger partial charge in [-0.1, -0.05) is 46.6 Å². The van der Waals surface area contributed by atoms with Crippen LogP contribution in [0.3, 0.4) is 0 Å². The molecule has 11 atom stereocenters. The Morgan fingerprint density at radius 1 is 0.774 bits per heavy atom. The van der Waals surface area contributed by atoms with Crippen LogP contribution in [0.4, 0.5) is 0 Å². The highest BCUT2D eigenvalue weighted by Gasteiger charge is 2.45. The lowest BCUT2D eigenvalue weighted by molar-refractivity contribution is -0.148. The third-order valence-electron chi connectivity index (χ3n) is 15.6. The van der Waals surface area contributed by atoms with Gasteiger partial charge in [0.1, 0.15) is 34.2 Å². The van der Waals surface area contributed by atoms with Gasteiger partial charge in [-0.25, -0.2) is 0 Å². The normalized spacial score (nSPS) is 26.0. The Morgan fingerprint density at radius 2 is 1.45 bits per heavy atom. The van der Waals surface area contributed by atoms with Gasteiger partial charge in [-0.3, -0.25) is 62.3 Å². The average molecular weight is 1230 g/mol. The van der Waals surface area contributed by atoms with Crippen molar-refractivity contribution in [3.63, 3.8) is 0 Å². The van der Waals surface area contributed by atoms with E-state index in [4.69, 9.17) is 4.74 Å². The van der Waals surface area contributed by atoms with Crippen LogP contribution in [0.5, 0.6) is 0 Å². The Kier molecular flexibility index (Phi) is 25.2. The molecular weight excluding hydrogens is 1150 g/mol. The molecule has 6 rings (SSSR count). The number of nitrogens with zero attached hydrogens (tertiary/aromatic N) is 1. The maximum Gasteiger partial charge on any atom is 0.318 e. The fourth-order valence-corrected chi connectivity index (χ4v) is 14.5.